The highest BCUT2D eigenvalue weighted by atomic mass is 35.5. The third-order valence-electron chi connectivity index (χ3n) is 4.12. The lowest BCUT2D eigenvalue weighted by Gasteiger charge is -2.14. The maximum absolute atomic E-state index is 14.0. The first-order chi connectivity index (χ1) is 12.8. The van der Waals surface area contributed by atoms with Gasteiger partial charge in [-0.1, -0.05) is 11.6 Å². The second-order valence-electron chi connectivity index (χ2n) is 5.95. The quantitative estimate of drug-likeness (QED) is 0.715. The number of benzene rings is 1. The van der Waals surface area contributed by atoms with E-state index in [0.717, 1.165) is 12.1 Å². The van der Waals surface area contributed by atoms with Crippen LogP contribution in [0.1, 0.15) is 34.6 Å². The van der Waals surface area contributed by atoms with Gasteiger partial charge >= 0.3 is 0 Å². The first kappa shape index (κ1) is 18.8. The molecule has 2 heterocycles. The summed E-state index contributed by atoms with van der Waals surface area (Å²) in [6.07, 6.45) is 2.77. The van der Waals surface area contributed by atoms with Crippen LogP contribution in [-0.2, 0) is 0 Å². The van der Waals surface area contributed by atoms with Crippen LogP contribution in [0.5, 0.6) is 0 Å². The van der Waals surface area contributed by atoms with Crippen molar-refractivity contribution in [3.63, 3.8) is 0 Å². The molecule has 2 N–H and O–H groups in total. The molecule has 2 aromatic heterocycles. The Kier molecular flexibility index (Phi) is 5.09. The van der Waals surface area contributed by atoms with E-state index in [9.17, 15) is 18.4 Å². The Bertz CT molecular complexity index is 1080. The SMILES string of the molecule is Cc1c([C@H](C)NC(=O)c2c[nH]c(=O)c(Cl)c2)cnn1-c1ccc(F)cc1F. The van der Waals surface area contributed by atoms with Crippen LogP contribution in [0.3, 0.4) is 0 Å². The standard InChI is InChI=1S/C18H15ClF2N4O2/c1-9(24-17(26)11-5-14(19)18(27)22-7-11)13-8-23-25(10(13)2)16-4-3-12(20)6-15(16)21/h3-9H,1-2H3,(H,22,27)(H,24,26)/t9-/m0/s1. The summed E-state index contributed by atoms with van der Waals surface area (Å²) in [6.45, 7) is 3.45. The van der Waals surface area contributed by atoms with Gasteiger partial charge in [-0.3, -0.25) is 9.59 Å². The Labute approximate surface area is 157 Å². The largest absolute Gasteiger partial charge is 0.345 e. The van der Waals surface area contributed by atoms with Gasteiger partial charge in [-0.25, -0.2) is 13.5 Å². The smallest absolute Gasteiger partial charge is 0.266 e. The molecule has 9 heteroatoms. The second kappa shape index (κ2) is 7.32. The first-order valence-electron chi connectivity index (χ1n) is 7.97. The average molecular weight is 393 g/mol. The molecule has 0 radical (unpaired) electrons. The summed E-state index contributed by atoms with van der Waals surface area (Å²) in [7, 11) is 0. The highest BCUT2D eigenvalue weighted by Crippen LogP contribution is 2.22. The number of rotatable bonds is 4. The minimum atomic E-state index is -0.743. The first-order valence-corrected chi connectivity index (χ1v) is 8.34. The van der Waals surface area contributed by atoms with Crippen LogP contribution in [0.15, 0.2) is 41.5 Å². The Hall–Kier alpha value is -3.00. The highest BCUT2D eigenvalue weighted by molar-refractivity contribution is 6.30. The van der Waals surface area contributed by atoms with Crippen molar-refractivity contribution < 1.29 is 13.6 Å². The van der Waals surface area contributed by atoms with Crippen LogP contribution >= 0.6 is 11.6 Å². The fraction of sp³-hybridized carbons (Fsp3) is 0.167. The number of nitrogens with one attached hydrogen (secondary N) is 2. The molecule has 1 atom stereocenters. The van der Waals surface area contributed by atoms with Crippen molar-refractivity contribution in [2.75, 3.05) is 0 Å². The summed E-state index contributed by atoms with van der Waals surface area (Å²) in [6, 6.07) is 4.03. The van der Waals surface area contributed by atoms with Gasteiger partial charge in [0.15, 0.2) is 5.82 Å². The number of H-pyrrole nitrogens is 1. The molecule has 0 unspecified atom stereocenters. The van der Waals surface area contributed by atoms with Crippen LogP contribution in [-0.4, -0.2) is 20.7 Å². The number of carbonyl (C=O) groups is 1. The van der Waals surface area contributed by atoms with Gasteiger partial charge < -0.3 is 10.3 Å². The molecule has 3 aromatic rings. The molecule has 0 aliphatic heterocycles. The van der Waals surface area contributed by atoms with Crippen LogP contribution in [0.4, 0.5) is 8.78 Å². The van der Waals surface area contributed by atoms with E-state index in [-0.39, 0.29) is 16.3 Å². The van der Waals surface area contributed by atoms with E-state index in [4.69, 9.17) is 11.6 Å². The molecule has 1 aromatic carbocycles. The summed E-state index contributed by atoms with van der Waals surface area (Å²) in [4.78, 5) is 26.0. The van der Waals surface area contributed by atoms with E-state index in [1.165, 1.54) is 29.2 Å². The lowest BCUT2D eigenvalue weighted by Crippen LogP contribution is -2.27. The molecule has 0 fully saturated rings. The molecule has 0 saturated heterocycles. The van der Waals surface area contributed by atoms with Gasteiger partial charge in [0.25, 0.3) is 11.5 Å². The van der Waals surface area contributed by atoms with Gasteiger partial charge in [-0.05, 0) is 32.0 Å². The number of amides is 1. The van der Waals surface area contributed by atoms with Gasteiger partial charge in [0.2, 0.25) is 0 Å². The number of aromatic nitrogens is 3. The van der Waals surface area contributed by atoms with Gasteiger partial charge in [0.05, 0.1) is 17.8 Å². The zero-order chi connectivity index (χ0) is 19.7. The molecule has 3 rings (SSSR count). The Balaban J connectivity index is 1.84. The highest BCUT2D eigenvalue weighted by Gasteiger charge is 2.19. The number of halogens is 3. The van der Waals surface area contributed by atoms with E-state index in [2.05, 4.69) is 15.4 Å². The molecule has 0 bridgehead atoms. The maximum atomic E-state index is 14.0. The number of hydrogen-bond donors (Lipinski definition) is 2. The molecular formula is C18H15ClF2N4O2. The zero-order valence-electron chi connectivity index (χ0n) is 14.4. The molecule has 1 amide bonds. The van der Waals surface area contributed by atoms with E-state index >= 15 is 0 Å². The van der Waals surface area contributed by atoms with Crippen LogP contribution in [0, 0.1) is 18.6 Å². The lowest BCUT2D eigenvalue weighted by atomic mass is 10.1. The van der Waals surface area contributed by atoms with Crippen molar-refractivity contribution >= 4 is 17.5 Å². The lowest BCUT2D eigenvalue weighted by molar-refractivity contribution is 0.0939. The fourth-order valence-corrected chi connectivity index (χ4v) is 2.86. The summed E-state index contributed by atoms with van der Waals surface area (Å²) >= 11 is 5.73. The second-order valence-corrected chi connectivity index (χ2v) is 6.36. The third kappa shape index (κ3) is 3.75. The van der Waals surface area contributed by atoms with Crippen molar-refractivity contribution in [3.05, 3.63) is 80.5 Å². The zero-order valence-corrected chi connectivity index (χ0v) is 15.1. The Morgan fingerprint density at radius 1 is 1.33 bits per heavy atom. The van der Waals surface area contributed by atoms with Crippen molar-refractivity contribution in [1.82, 2.24) is 20.1 Å². The number of pyridine rings is 1. The summed E-state index contributed by atoms with van der Waals surface area (Å²) in [5.41, 5.74) is 1.06. The predicted molar refractivity (Wildman–Crippen MR) is 96.2 cm³/mol. The number of hydrogen-bond acceptors (Lipinski definition) is 3. The Morgan fingerprint density at radius 3 is 2.74 bits per heavy atom. The van der Waals surface area contributed by atoms with Crippen LogP contribution in [0.25, 0.3) is 5.69 Å². The molecule has 6 nitrogen and oxygen atoms in total. The molecular weight excluding hydrogens is 378 g/mol. The molecule has 0 aliphatic carbocycles. The molecule has 0 saturated carbocycles. The molecule has 0 aliphatic rings. The normalized spacial score (nSPS) is 12.0. The van der Waals surface area contributed by atoms with Gasteiger partial charge in [-0.15, -0.1) is 0 Å². The Morgan fingerprint density at radius 2 is 2.07 bits per heavy atom. The van der Waals surface area contributed by atoms with E-state index in [1.807, 2.05) is 0 Å². The fourth-order valence-electron chi connectivity index (χ4n) is 2.69. The van der Waals surface area contributed by atoms with Gasteiger partial charge in [0, 0.05) is 23.5 Å². The van der Waals surface area contributed by atoms with Crippen LogP contribution in [0.2, 0.25) is 5.02 Å². The molecule has 27 heavy (non-hydrogen) atoms. The third-order valence-corrected chi connectivity index (χ3v) is 4.40. The van der Waals surface area contributed by atoms with Crippen molar-refractivity contribution in [1.29, 1.82) is 0 Å². The molecule has 0 spiro atoms. The van der Waals surface area contributed by atoms with E-state index in [1.54, 1.807) is 13.8 Å². The average Bonchev–Trinajstić information content (AvgIpc) is 2.98. The predicted octanol–water partition coefficient (Wildman–Crippen LogP) is 3.29. The van der Waals surface area contributed by atoms with Crippen molar-refractivity contribution in [2.45, 2.75) is 19.9 Å². The van der Waals surface area contributed by atoms with Crippen LogP contribution < -0.4 is 10.9 Å². The van der Waals surface area contributed by atoms with Gasteiger partial charge in [-0.2, -0.15) is 5.10 Å². The maximum Gasteiger partial charge on any atom is 0.266 e. The minimum absolute atomic E-state index is 0.0916. The monoisotopic (exact) mass is 392 g/mol. The molecule has 140 valence electrons. The number of nitrogens with zero attached hydrogens (tertiary/aromatic N) is 2. The van der Waals surface area contributed by atoms with E-state index in [0.29, 0.717) is 11.3 Å². The summed E-state index contributed by atoms with van der Waals surface area (Å²) in [5, 5.41) is 6.81. The van der Waals surface area contributed by atoms with Gasteiger partial charge in [0.1, 0.15) is 16.5 Å². The van der Waals surface area contributed by atoms with Crippen molar-refractivity contribution in [3.8, 4) is 5.69 Å². The minimum Gasteiger partial charge on any atom is -0.345 e. The summed E-state index contributed by atoms with van der Waals surface area (Å²) in [5.74, 6) is -1.87. The van der Waals surface area contributed by atoms with Crippen molar-refractivity contribution in [2.24, 2.45) is 0 Å². The number of carbonyl (C=O) groups excluding carboxylic acids is 1. The number of aromatic amines is 1. The topological polar surface area (TPSA) is 79.8 Å². The van der Waals surface area contributed by atoms with E-state index < -0.39 is 29.1 Å². The summed E-state index contributed by atoms with van der Waals surface area (Å²) < 4.78 is 28.5.